The molecule has 8 nitrogen and oxygen atoms in total. The van der Waals surface area contributed by atoms with Crippen molar-refractivity contribution in [3.63, 3.8) is 0 Å². The summed E-state index contributed by atoms with van der Waals surface area (Å²) in [5.74, 6) is 0.998. The molecule has 3 heterocycles. The Morgan fingerprint density at radius 1 is 1.26 bits per heavy atom. The first-order valence-electron chi connectivity index (χ1n) is 8.07. The predicted molar refractivity (Wildman–Crippen MR) is 84.8 cm³/mol. The van der Waals surface area contributed by atoms with Crippen molar-refractivity contribution < 1.29 is 4.79 Å². The van der Waals surface area contributed by atoms with Crippen LogP contribution in [0.5, 0.6) is 0 Å². The van der Waals surface area contributed by atoms with Crippen LogP contribution in [0.1, 0.15) is 35.4 Å². The Balaban J connectivity index is 1.61. The lowest BCUT2D eigenvalue weighted by Crippen LogP contribution is -2.35. The van der Waals surface area contributed by atoms with Crippen molar-refractivity contribution in [2.24, 2.45) is 0 Å². The fraction of sp³-hybridized carbons (Fsp3) is 0.600. The lowest BCUT2D eigenvalue weighted by atomic mass is 10.3. The maximum atomic E-state index is 12.6. The molecule has 2 aromatic heterocycles. The number of imidazole rings is 1. The molecule has 0 radical (unpaired) electrons. The smallest absolute Gasteiger partial charge is 0.274 e. The Labute approximate surface area is 135 Å². The van der Waals surface area contributed by atoms with Crippen molar-refractivity contribution in [2.45, 2.75) is 33.4 Å². The first-order valence-corrected chi connectivity index (χ1v) is 8.07. The van der Waals surface area contributed by atoms with E-state index in [0.29, 0.717) is 12.2 Å². The van der Waals surface area contributed by atoms with Gasteiger partial charge in [-0.1, -0.05) is 0 Å². The van der Waals surface area contributed by atoms with E-state index in [9.17, 15) is 4.79 Å². The van der Waals surface area contributed by atoms with E-state index in [-0.39, 0.29) is 5.91 Å². The third kappa shape index (κ3) is 3.42. The van der Waals surface area contributed by atoms with E-state index in [1.54, 1.807) is 12.7 Å². The van der Waals surface area contributed by atoms with Gasteiger partial charge >= 0.3 is 0 Å². The SMILES string of the molecule is CCn1ncnc1CN1CCCN(C(=O)c2nc[nH]c2C)CC1. The number of hydrogen-bond acceptors (Lipinski definition) is 5. The van der Waals surface area contributed by atoms with Gasteiger partial charge in [-0.25, -0.2) is 14.6 Å². The number of H-pyrrole nitrogens is 1. The van der Waals surface area contributed by atoms with Gasteiger partial charge in [-0.05, 0) is 20.3 Å². The maximum absolute atomic E-state index is 12.6. The fourth-order valence-corrected chi connectivity index (χ4v) is 2.93. The molecule has 1 aliphatic rings. The monoisotopic (exact) mass is 317 g/mol. The number of carbonyl (C=O) groups excluding carboxylic acids is 1. The van der Waals surface area contributed by atoms with Crippen molar-refractivity contribution in [2.75, 3.05) is 26.2 Å². The van der Waals surface area contributed by atoms with Crippen LogP contribution in [0.3, 0.4) is 0 Å². The molecule has 0 unspecified atom stereocenters. The summed E-state index contributed by atoms with van der Waals surface area (Å²) in [6, 6.07) is 0. The van der Waals surface area contributed by atoms with Gasteiger partial charge in [-0.3, -0.25) is 9.69 Å². The molecule has 8 heteroatoms. The van der Waals surface area contributed by atoms with Crippen LogP contribution in [0.15, 0.2) is 12.7 Å². The van der Waals surface area contributed by atoms with Gasteiger partial charge in [-0.15, -0.1) is 0 Å². The molecule has 0 spiro atoms. The molecule has 0 aromatic carbocycles. The summed E-state index contributed by atoms with van der Waals surface area (Å²) in [6.45, 7) is 8.82. The van der Waals surface area contributed by atoms with E-state index in [2.05, 4.69) is 31.9 Å². The highest BCUT2D eigenvalue weighted by atomic mass is 16.2. The topological polar surface area (TPSA) is 82.9 Å². The minimum atomic E-state index is 0.0160. The van der Waals surface area contributed by atoms with Crippen LogP contribution in [0.25, 0.3) is 0 Å². The summed E-state index contributed by atoms with van der Waals surface area (Å²) < 4.78 is 1.92. The zero-order valence-electron chi connectivity index (χ0n) is 13.7. The summed E-state index contributed by atoms with van der Waals surface area (Å²) in [5, 5.41) is 4.21. The summed E-state index contributed by atoms with van der Waals surface area (Å²) in [6.07, 6.45) is 4.13. The predicted octanol–water partition coefficient (Wildman–Crippen LogP) is 0.678. The highest BCUT2D eigenvalue weighted by molar-refractivity contribution is 5.93. The number of aromatic nitrogens is 5. The van der Waals surface area contributed by atoms with E-state index < -0.39 is 0 Å². The Morgan fingerprint density at radius 3 is 2.87 bits per heavy atom. The lowest BCUT2D eigenvalue weighted by Gasteiger charge is -2.21. The second-order valence-electron chi connectivity index (χ2n) is 5.79. The average Bonchev–Trinajstić information content (AvgIpc) is 3.10. The van der Waals surface area contributed by atoms with Gasteiger partial charge in [-0.2, -0.15) is 5.10 Å². The largest absolute Gasteiger partial charge is 0.348 e. The quantitative estimate of drug-likeness (QED) is 0.896. The Bertz CT molecular complexity index is 662. The van der Waals surface area contributed by atoms with Crippen molar-refractivity contribution in [1.29, 1.82) is 0 Å². The van der Waals surface area contributed by atoms with Crippen LogP contribution in [-0.2, 0) is 13.1 Å². The molecule has 1 N–H and O–H groups in total. The number of hydrogen-bond donors (Lipinski definition) is 1. The number of aryl methyl sites for hydroxylation is 2. The lowest BCUT2D eigenvalue weighted by molar-refractivity contribution is 0.0755. The van der Waals surface area contributed by atoms with Crippen molar-refractivity contribution >= 4 is 5.91 Å². The molecule has 3 rings (SSSR count). The molecule has 1 aliphatic heterocycles. The summed E-state index contributed by atoms with van der Waals surface area (Å²) in [5.41, 5.74) is 1.36. The second kappa shape index (κ2) is 6.91. The van der Waals surface area contributed by atoms with Gasteiger partial charge in [0, 0.05) is 38.4 Å². The zero-order chi connectivity index (χ0) is 16.2. The third-order valence-corrected chi connectivity index (χ3v) is 4.27. The molecule has 23 heavy (non-hydrogen) atoms. The van der Waals surface area contributed by atoms with Gasteiger partial charge in [0.25, 0.3) is 5.91 Å². The van der Waals surface area contributed by atoms with Gasteiger partial charge in [0.05, 0.1) is 12.9 Å². The van der Waals surface area contributed by atoms with Crippen LogP contribution < -0.4 is 0 Å². The molecule has 0 aliphatic carbocycles. The van der Waals surface area contributed by atoms with E-state index in [4.69, 9.17) is 0 Å². The number of rotatable bonds is 4. The highest BCUT2D eigenvalue weighted by Crippen LogP contribution is 2.11. The number of aromatic amines is 1. The Kier molecular flexibility index (Phi) is 4.71. The van der Waals surface area contributed by atoms with Crippen LogP contribution in [0.4, 0.5) is 0 Å². The molecular formula is C15H23N7O. The van der Waals surface area contributed by atoms with Crippen molar-refractivity contribution in [1.82, 2.24) is 34.5 Å². The Hall–Kier alpha value is -2.22. The average molecular weight is 317 g/mol. The van der Waals surface area contributed by atoms with Crippen LogP contribution in [0, 0.1) is 6.92 Å². The molecule has 124 valence electrons. The van der Waals surface area contributed by atoms with Crippen molar-refractivity contribution in [3.8, 4) is 0 Å². The molecule has 1 saturated heterocycles. The molecule has 0 saturated carbocycles. The van der Waals surface area contributed by atoms with E-state index in [0.717, 1.165) is 50.7 Å². The van der Waals surface area contributed by atoms with Gasteiger partial charge < -0.3 is 9.88 Å². The van der Waals surface area contributed by atoms with Crippen LogP contribution >= 0.6 is 0 Å². The van der Waals surface area contributed by atoms with Gasteiger partial charge in [0.1, 0.15) is 17.8 Å². The first kappa shape index (κ1) is 15.7. The molecule has 1 amide bonds. The molecular weight excluding hydrogens is 294 g/mol. The zero-order valence-corrected chi connectivity index (χ0v) is 13.7. The number of nitrogens with one attached hydrogen (secondary N) is 1. The standard InChI is InChI=1S/C15H23N7O/c1-3-22-13(17-11-19-22)9-20-5-4-6-21(8-7-20)15(23)14-12(2)16-10-18-14/h10-11H,3-9H2,1-2H3,(H,16,18). The third-order valence-electron chi connectivity index (χ3n) is 4.27. The summed E-state index contributed by atoms with van der Waals surface area (Å²) in [4.78, 5) is 28.2. The fourth-order valence-electron chi connectivity index (χ4n) is 2.93. The normalized spacial score (nSPS) is 16.5. The minimum Gasteiger partial charge on any atom is -0.348 e. The van der Waals surface area contributed by atoms with Gasteiger partial charge in [0.2, 0.25) is 0 Å². The van der Waals surface area contributed by atoms with E-state index >= 15 is 0 Å². The maximum Gasteiger partial charge on any atom is 0.274 e. The molecule has 0 atom stereocenters. The number of carbonyl (C=O) groups is 1. The number of nitrogens with zero attached hydrogens (tertiary/aromatic N) is 6. The Morgan fingerprint density at radius 2 is 2.13 bits per heavy atom. The number of amides is 1. The molecule has 2 aromatic rings. The first-order chi connectivity index (χ1) is 11.2. The van der Waals surface area contributed by atoms with Gasteiger partial charge in [0.15, 0.2) is 0 Å². The van der Waals surface area contributed by atoms with Crippen LogP contribution in [-0.4, -0.2) is 66.6 Å². The molecule has 0 bridgehead atoms. The second-order valence-corrected chi connectivity index (χ2v) is 5.79. The van der Waals surface area contributed by atoms with E-state index in [1.807, 2.05) is 16.5 Å². The van der Waals surface area contributed by atoms with Crippen LogP contribution in [0.2, 0.25) is 0 Å². The molecule has 1 fully saturated rings. The van der Waals surface area contributed by atoms with E-state index in [1.165, 1.54) is 0 Å². The van der Waals surface area contributed by atoms with Crippen molar-refractivity contribution in [3.05, 3.63) is 29.9 Å². The summed E-state index contributed by atoms with van der Waals surface area (Å²) >= 11 is 0. The summed E-state index contributed by atoms with van der Waals surface area (Å²) in [7, 11) is 0. The highest BCUT2D eigenvalue weighted by Gasteiger charge is 2.23. The minimum absolute atomic E-state index is 0.0160.